The number of likely N-dealkylation sites (N-methyl/N-ethyl adjacent to an activating group) is 6. The molecule has 98 heavy (non-hydrogen) atoms. The Morgan fingerprint density at radius 1 is 0.541 bits per heavy atom. The van der Waals surface area contributed by atoms with Gasteiger partial charge in [-0.3, -0.25) is 14.4 Å². The van der Waals surface area contributed by atoms with Crippen LogP contribution in [0.15, 0.2) is 43.0 Å². The van der Waals surface area contributed by atoms with Gasteiger partial charge in [-0.2, -0.15) is 0 Å². The van der Waals surface area contributed by atoms with Gasteiger partial charge in [0.25, 0.3) is 5.91 Å². The minimum Gasteiger partial charge on any atom is -0.453 e. The predicted molar refractivity (Wildman–Crippen MR) is 389 cm³/mol. The van der Waals surface area contributed by atoms with Crippen LogP contribution in [0.1, 0.15) is 77.1 Å². The quantitative estimate of drug-likeness (QED) is 0.0290. The first-order chi connectivity index (χ1) is 46.9. The van der Waals surface area contributed by atoms with Crippen LogP contribution in [0, 0.1) is 12.3 Å². The molecule has 2 saturated heterocycles. The Balaban J connectivity index is -0.000000189. The Hall–Kier alpha value is -5.82. The van der Waals surface area contributed by atoms with Gasteiger partial charge < -0.3 is 112 Å². The first-order valence-corrected chi connectivity index (χ1v) is 33.1. The molecule has 0 aromatic heterocycles. The van der Waals surface area contributed by atoms with Gasteiger partial charge in [0.1, 0.15) is 5.60 Å². The van der Waals surface area contributed by atoms with E-state index in [9.17, 15) is 28.8 Å². The molecule has 1 aromatic carbocycles. The van der Waals surface area contributed by atoms with E-state index in [0.29, 0.717) is 84.5 Å². The fourth-order valence-corrected chi connectivity index (χ4v) is 6.53. The zero-order valence-corrected chi connectivity index (χ0v) is 64.6. The maximum absolute atomic E-state index is 11.7. The largest absolute Gasteiger partial charge is 0.453 e. The van der Waals surface area contributed by atoms with Crippen LogP contribution in [0.2, 0.25) is 0 Å². The van der Waals surface area contributed by atoms with Crippen molar-refractivity contribution < 1.29 is 90.3 Å². The Kier molecular flexibility index (Phi) is 90.1. The number of piperidine rings is 1. The smallest absolute Gasteiger partial charge is 0.410 e. The van der Waals surface area contributed by atoms with E-state index in [-0.39, 0.29) is 36.0 Å². The second-order valence-corrected chi connectivity index (χ2v) is 21.6. The van der Waals surface area contributed by atoms with Gasteiger partial charge in [0.05, 0.1) is 86.3 Å². The van der Waals surface area contributed by atoms with Crippen LogP contribution in [0.4, 0.5) is 14.4 Å². The van der Waals surface area contributed by atoms with E-state index in [2.05, 4.69) is 45.4 Å². The molecule has 2 aliphatic rings. The molecule has 0 radical (unpaired) electrons. The Labute approximate surface area is 592 Å². The van der Waals surface area contributed by atoms with Gasteiger partial charge in [-0.05, 0) is 72.7 Å². The van der Waals surface area contributed by atoms with Crippen molar-refractivity contribution in [2.24, 2.45) is 0 Å². The maximum atomic E-state index is 11.7. The number of likely N-dealkylation sites (tertiary alicyclic amines) is 2. The van der Waals surface area contributed by atoms with Crippen molar-refractivity contribution >= 4 is 36.0 Å². The molecule has 0 aliphatic carbocycles. The molecule has 1 aromatic rings. The summed E-state index contributed by atoms with van der Waals surface area (Å²) in [7, 11) is 26.5. The molecule has 0 spiro atoms. The number of hydrogen-bond acceptors (Lipinski definition) is 23. The third kappa shape index (κ3) is 80.9. The van der Waals surface area contributed by atoms with Gasteiger partial charge in [-0.15, -0.1) is 13.0 Å². The first kappa shape index (κ1) is 106. The van der Waals surface area contributed by atoms with Crippen molar-refractivity contribution in [2.75, 3.05) is 284 Å². The third-order valence-corrected chi connectivity index (χ3v) is 12.2. The Bertz CT molecular complexity index is 1950. The molecule has 29 nitrogen and oxygen atoms in total. The van der Waals surface area contributed by atoms with Gasteiger partial charge in [0.2, 0.25) is 11.8 Å². The number of hydrogen-bond donors (Lipinski definition) is 4. The first-order valence-electron chi connectivity index (χ1n) is 33.1. The predicted octanol–water partition coefficient (Wildman–Crippen LogP) is 5.22. The van der Waals surface area contributed by atoms with Gasteiger partial charge in [0, 0.05) is 203 Å². The molecule has 2 fully saturated rings. The number of carbonyl (C=O) groups excluding carboxylic acids is 6. The number of carbonyl (C=O) groups is 6. The molecule has 6 amide bonds. The second kappa shape index (κ2) is 83.6. The number of ether oxygens (including phenoxy) is 13. The highest BCUT2D eigenvalue weighted by Gasteiger charge is 2.20. The Morgan fingerprint density at radius 3 is 1.31 bits per heavy atom. The average molecular weight is 1410 g/mol. The molecule has 4 N–H and O–H groups in total. The SMILES string of the molecule is C#CCNCCOC.C=CCNCCOC.CCNCCOC.CCOC(=O)N(C)CCOC.CNCCOC.COCCN(C)C(=O)OC.COCCN(C)C(=O)OC(C)(C)C.COCCN(C)C(=O)c1ccccc1.COCCN1CCCC1=O.COCCN1CCCCC1=O. The van der Waals surface area contributed by atoms with Crippen LogP contribution in [0.5, 0.6) is 0 Å². The summed E-state index contributed by atoms with van der Waals surface area (Å²) in [5.41, 5.74) is 0.282. The molecule has 2 heterocycles. The standard InChI is InChI=1S/C11H15NO2.C9H19NO3.C8H15NO2.C7H15NO3.C7H13NO2.C6H13NO3.C6H13NO.C6H11NO.C5H13NO.C4H11NO/c1-12(8-9-14-2)11(13)10-6-4-3-5-7-10;1-9(2,3)13-8(11)10(4)6-7-12-5;1-11-7-6-9-5-3-2-4-8(9)10;1-4-11-7(9)8(2)5-6-10-3;1-10-6-5-8-4-2-3-7(8)9;1-7(4-5-9-2)6(8)10-3;2*1-3-4-7-5-6-8-2;1-3-6-4-5-7-2;1-5-3-4-6-2/h3-7H,8-9H2,1-2H3;6-7H2,1-5H3;2-7H2,1H3;4-6H2,1-3H3;2-6H2,1H3;4-5H2,1-3H3;3,7H,1,4-6H2,2H3;1,7H,4-6H2,2H3;6H,3-5H2,1-2H3;5H,3-4H2,1-2H3. The molecule has 0 unspecified atom stereocenters. The topological polar surface area (TPSA) is 290 Å². The van der Waals surface area contributed by atoms with Gasteiger partial charge in [-0.1, -0.05) is 37.1 Å². The van der Waals surface area contributed by atoms with E-state index in [1.54, 1.807) is 111 Å². The van der Waals surface area contributed by atoms with Crippen molar-refractivity contribution in [2.45, 2.75) is 72.3 Å². The summed E-state index contributed by atoms with van der Waals surface area (Å²) in [4.78, 5) is 76.5. The van der Waals surface area contributed by atoms with Crippen LogP contribution in [-0.4, -0.2) is 355 Å². The highest BCUT2D eigenvalue weighted by molar-refractivity contribution is 5.94. The molecule has 29 heteroatoms. The van der Waals surface area contributed by atoms with Crippen molar-refractivity contribution in [3.05, 3.63) is 48.6 Å². The molecule has 0 saturated carbocycles. The van der Waals surface area contributed by atoms with Crippen LogP contribution >= 0.6 is 0 Å². The number of terminal acetylenes is 1. The van der Waals surface area contributed by atoms with E-state index in [0.717, 1.165) is 124 Å². The minimum absolute atomic E-state index is 0.0302. The number of benzene rings is 1. The van der Waals surface area contributed by atoms with Crippen LogP contribution in [-0.2, 0) is 71.2 Å². The molecule has 0 atom stereocenters. The van der Waals surface area contributed by atoms with Crippen molar-refractivity contribution in [3.63, 3.8) is 0 Å². The Morgan fingerprint density at radius 2 is 0.939 bits per heavy atom. The minimum atomic E-state index is -0.432. The van der Waals surface area contributed by atoms with E-state index in [1.807, 2.05) is 74.0 Å². The lowest BCUT2D eigenvalue weighted by Crippen LogP contribution is -2.37. The zero-order valence-electron chi connectivity index (χ0n) is 64.6. The van der Waals surface area contributed by atoms with E-state index >= 15 is 0 Å². The second-order valence-electron chi connectivity index (χ2n) is 21.6. The number of nitrogens with one attached hydrogen (secondary N) is 4. The van der Waals surface area contributed by atoms with Crippen LogP contribution < -0.4 is 21.3 Å². The number of nitrogens with zero attached hydrogens (tertiary/aromatic N) is 6. The van der Waals surface area contributed by atoms with E-state index < -0.39 is 5.60 Å². The van der Waals surface area contributed by atoms with E-state index in [1.165, 1.54) is 21.8 Å². The number of methoxy groups -OCH3 is 11. The molecular formula is C69H138N10O19. The van der Waals surface area contributed by atoms with Crippen molar-refractivity contribution in [1.82, 2.24) is 50.7 Å². The summed E-state index contributed by atoms with van der Waals surface area (Å²) in [6.07, 6.45) is 10.5. The number of amides is 6. The van der Waals surface area contributed by atoms with Gasteiger partial charge in [0.15, 0.2) is 0 Å². The summed E-state index contributed by atoms with van der Waals surface area (Å²) in [6.45, 7) is 31.8. The zero-order chi connectivity index (χ0) is 75.9. The molecular weight excluding hydrogens is 1270 g/mol. The third-order valence-electron chi connectivity index (χ3n) is 12.2. The highest BCUT2D eigenvalue weighted by atomic mass is 16.6. The van der Waals surface area contributed by atoms with Crippen molar-refractivity contribution in [3.8, 4) is 12.3 Å². The molecule has 3 rings (SSSR count). The van der Waals surface area contributed by atoms with E-state index in [4.69, 9.17) is 63.3 Å². The molecule has 0 bridgehead atoms. The monoisotopic (exact) mass is 1410 g/mol. The lowest BCUT2D eigenvalue weighted by Gasteiger charge is -2.26. The lowest BCUT2D eigenvalue weighted by atomic mass is 10.1. The summed E-state index contributed by atoms with van der Waals surface area (Å²) < 4.78 is 62.4. The summed E-state index contributed by atoms with van der Waals surface area (Å²) in [6, 6.07) is 9.23. The summed E-state index contributed by atoms with van der Waals surface area (Å²) >= 11 is 0. The molecule has 578 valence electrons. The van der Waals surface area contributed by atoms with Gasteiger partial charge in [-0.25, -0.2) is 14.4 Å². The highest BCUT2D eigenvalue weighted by Crippen LogP contribution is 2.11. The fraction of sp³-hybridized carbons (Fsp3) is 0.768. The summed E-state index contributed by atoms with van der Waals surface area (Å²) in [5, 5.41) is 12.1. The lowest BCUT2D eigenvalue weighted by molar-refractivity contribution is -0.134. The van der Waals surface area contributed by atoms with Crippen LogP contribution in [0.3, 0.4) is 0 Å². The van der Waals surface area contributed by atoms with Crippen LogP contribution in [0.25, 0.3) is 0 Å². The van der Waals surface area contributed by atoms with Gasteiger partial charge >= 0.3 is 18.3 Å². The maximum Gasteiger partial charge on any atom is 0.410 e. The normalized spacial score (nSPS) is 11.6. The molecule has 2 aliphatic heterocycles. The number of rotatable bonds is 36. The average Bonchev–Trinajstić information content (AvgIpc) is 1.25. The van der Waals surface area contributed by atoms with Crippen molar-refractivity contribution in [1.29, 1.82) is 0 Å². The summed E-state index contributed by atoms with van der Waals surface area (Å²) in [5.74, 6) is 3.05. The fourth-order valence-electron chi connectivity index (χ4n) is 6.53.